The minimum atomic E-state index is -3.68. The summed E-state index contributed by atoms with van der Waals surface area (Å²) >= 11 is 1.58. The van der Waals surface area contributed by atoms with Gasteiger partial charge in [0.1, 0.15) is 22.9 Å². The van der Waals surface area contributed by atoms with E-state index in [1.165, 1.54) is 44.3 Å². The second kappa shape index (κ2) is 16.0. The molecular formula is C36H48N8O8S2. The largest absolute Gasteiger partial charge is 0.384 e. The van der Waals surface area contributed by atoms with Crippen molar-refractivity contribution in [3.8, 4) is 0 Å². The molecule has 0 radical (unpaired) electrons. The number of ketones is 1. The molecule has 2 aromatic rings. The Balaban J connectivity index is 1.34. The Morgan fingerprint density at radius 1 is 1.04 bits per heavy atom. The highest BCUT2D eigenvalue weighted by molar-refractivity contribution is 7.99. The van der Waals surface area contributed by atoms with E-state index in [0.717, 1.165) is 38.5 Å². The lowest BCUT2D eigenvalue weighted by molar-refractivity contribution is -0.143. The van der Waals surface area contributed by atoms with Gasteiger partial charge >= 0.3 is 0 Å². The number of aliphatic imine (C=N–C) groups is 1. The summed E-state index contributed by atoms with van der Waals surface area (Å²) < 4.78 is 28.6. The van der Waals surface area contributed by atoms with Gasteiger partial charge in [0, 0.05) is 31.6 Å². The number of benzene rings is 1. The van der Waals surface area contributed by atoms with Crippen LogP contribution >= 0.6 is 11.8 Å². The van der Waals surface area contributed by atoms with Gasteiger partial charge in [-0.25, -0.2) is 18.1 Å². The first-order valence-corrected chi connectivity index (χ1v) is 21.1. The van der Waals surface area contributed by atoms with Crippen molar-refractivity contribution in [2.75, 3.05) is 31.1 Å². The maximum Gasteiger partial charge on any atom is 0.287 e. The number of hydrogen-bond acceptors (Lipinski definition) is 11. The predicted octanol–water partition coefficient (Wildman–Crippen LogP) is 1.73. The Bertz CT molecular complexity index is 1910. The van der Waals surface area contributed by atoms with E-state index in [-0.39, 0.29) is 54.3 Å². The number of carbonyl (C=O) groups is 5. The molecule has 4 amide bonds. The number of hydrogen-bond donors (Lipinski definition) is 3. The Hall–Kier alpha value is -4.00. The van der Waals surface area contributed by atoms with Crippen LogP contribution in [0.15, 0.2) is 40.4 Å². The first-order chi connectivity index (χ1) is 25.6. The molecule has 16 nitrogen and oxygen atoms in total. The van der Waals surface area contributed by atoms with Gasteiger partial charge in [-0.05, 0) is 81.2 Å². The van der Waals surface area contributed by atoms with Gasteiger partial charge < -0.3 is 21.1 Å². The number of Topliss-reactive ketones (excluding diaryl/α,β-unsaturated/α-hetero) is 1. The number of sulfonamides is 1. The molecule has 1 aromatic carbocycles. The minimum Gasteiger partial charge on any atom is -0.384 e. The highest BCUT2D eigenvalue weighted by Crippen LogP contribution is 2.35. The van der Waals surface area contributed by atoms with Crippen molar-refractivity contribution in [3.63, 3.8) is 0 Å². The number of nitrogens with zero attached hydrogens (tertiary/aromatic N) is 6. The van der Waals surface area contributed by atoms with E-state index in [1.54, 1.807) is 25.6 Å². The first-order valence-electron chi connectivity index (χ1n) is 18.5. The number of aromatic nitrogens is 3. The zero-order valence-corrected chi connectivity index (χ0v) is 32.2. The molecule has 1 saturated carbocycles. The molecule has 1 aliphatic carbocycles. The summed E-state index contributed by atoms with van der Waals surface area (Å²) in [6.45, 7) is 3.95. The van der Waals surface area contributed by atoms with Crippen LogP contribution in [0, 0.1) is 5.92 Å². The number of carbonyl (C=O) groups excluding carboxylic acids is 5. The summed E-state index contributed by atoms with van der Waals surface area (Å²) in [5.74, 6) is -3.03. The molecule has 4 N–H and O–H groups in total. The smallest absolute Gasteiger partial charge is 0.287 e. The molecule has 4 fully saturated rings. The van der Waals surface area contributed by atoms with E-state index in [4.69, 9.17) is 5.73 Å². The van der Waals surface area contributed by atoms with E-state index in [2.05, 4.69) is 20.6 Å². The third-order valence-electron chi connectivity index (χ3n) is 11.0. The van der Waals surface area contributed by atoms with E-state index in [9.17, 15) is 37.5 Å². The van der Waals surface area contributed by atoms with Crippen LogP contribution in [0.25, 0.3) is 0 Å². The molecule has 18 heteroatoms. The molecule has 3 saturated heterocycles. The van der Waals surface area contributed by atoms with Crippen LogP contribution in [0.4, 0.5) is 0 Å². The number of likely N-dealkylation sites (tertiary alicyclic amines) is 1. The number of primary amides is 1. The highest BCUT2D eigenvalue weighted by atomic mass is 32.2. The normalized spacial score (nSPS) is 22.7. The minimum absolute atomic E-state index is 0.0250. The monoisotopic (exact) mass is 784 g/mol. The fraction of sp³-hybridized carbons (Fsp3) is 0.611. The standard InChI is InChI=1S/C36H48N8O8S2/c1-35(2,50)29-21-38-41-44(29)25-20-28(33(48)40-36(30(45)31(37)46)13-17-53-18-14-36)43(22-25)34(49)27(19-23-7-4-3-5-8-23)39-32(47)24-9-11-26(12-10-24)54(51,52)42-15-6-16-42/h9-12,21,23,25,28,50H,3-8,13-20,22H2,1-2H3,(H2,37,46)(H,40,48)/t25-,28-/m0/s1. The Labute approximate surface area is 318 Å². The number of nitrogens with two attached hydrogens (primary N) is 1. The predicted molar refractivity (Wildman–Crippen MR) is 199 cm³/mol. The van der Waals surface area contributed by atoms with Crippen molar-refractivity contribution >= 4 is 56.9 Å². The third-order valence-corrected chi connectivity index (χ3v) is 13.9. The zero-order chi connectivity index (χ0) is 38.8. The van der Waals surface area contributed by atoms with E-state index in [0.29, 0.717) is 30.3 Å². The van der Waals surface area contributed by atoms with Crippen LogP contribution in [0.2, 0.25) is 0 Å². The molecule has 4 heterocycles. The number of amides is 4. The molecule has 0 bridgehead atoms. The number of nitrogens with one attached hydrogen (secondary N) is 1. The Morgan fingerprint density at radius 2 is 1.70 bits per heavy atom. The summed E-state index contributed by atoms with van der Waals surface area (Å²) in [5, 5.41) is 21.9. The summed E-state index contributed by atoms with van der Waals surface area (Å²) in [5.41, 5.74) is 2.96. The molecule has 292 valence electrons. The molecule has 3 aliphatic heterocycles. The van der Waals surface area contributed by atoms with Crippen LogP contribution in [0.3, 0.4) is 0 Å². The van der Waals surface area contributed by atoms with Crippen molar-refractivity contribution in [3.05, 3.63) is 41.7 Å². The highest BCUT2D eigenvalue weighted by Gasteiger charge is 2.49. The number of rotatable bonds is 12. The van der Waals surface area contributed by atoms with Gasteiger partial charge in [-0.1, -0.05) is 37.3 Å². The Kier molecular flexibility index (Phi) is 11.8. The van der Waals surface area contributed by atoms with Crippen LogP contribution in [0.1, 0.15) is 100 Å². The molecule has 4 aliphatic rings. The van der Waals surface area contributed by atoms with Crippen LogP contribution in [0.5, 0.6) is 0 Å². The van der Waals surface area contributed by atoms with Gasteiger partial charge in [-0.3, -0.25) is 24.0 Å². The third kappa shape index (κ3) is 8.30. The SMILES string of the molecule is CC(C)(O)c1cnnn1[C@H]1C[C@@H](C(=O)NC2(C(=O)C(N)=O)CCSCC2)N(C(=O)C(CC2CCCCC2)=NC(=O)c2ccc(S(=O)(=O)N3CCC3)cc2)C1. The van der Waals surface area contributed by atoms with Crippen molar-refractivity contribution < 1.29 is 37.5 Å². The fourth-order valence-electron chi connectivity index (χ4n) is 7.74. The molecule has 1 aromatic heterocycles. The average Bonchev–Trinajstić information content (AvgIpc) is 3.79. The van der Waals surface area contributed by atoms with Gasteiger partial charge in [-0.15, -0.1) is 5.10 Å². The van der Waals surface area contributed by atoms with Gasteiger partial charge in [0.2, 0.25) is 21.7 Å². The van der Waals surface area contributed by atoms with Crippen LogP contribution < -0.4 is 11.1 Å². The summed E-state index contributed by atoms with van der Waals surface area (Å²) in [6, 6.07) is 3.66. The van der Waals surface area contributed by atoms with Crippen LogP contribution in [-0.2, 0) is 34.8 Å². The van der Waals surface area contributed by atoms with Crippen LogP contribution in [-0.4, -0.2) is 116 Å². The zero-order valence-electron chi connectivity index (χ0n) is 30.6. The lowest BCUT2D eigenvalue weighted by Crippen LogP contribution is -2.63. The van der Waals surface area contributed by atoms with Crippen molar-refractivity contribution in [1.82, 2.24) is 29.5 Å². The molecule has 0 spiro atoms. The summed E-state index contributed by atoms with van der Waals surface area (Å²) in [4.78, 5) is 73.9. The molecule has 2 atom stereocenters. The van der Waals surface area contributed by atoms with E-state index < -0.39 is 62.7 Å². The lowest BCUT2D eigenvalue weighted by Gasteiger charge is -2.37. The second-order valence-corrected chi connectivity index (χ2v) is 18.4. The van der Waals surface area contributed by atoms with Gasteiger partial charge in [0.05, 0.1) is 22.8 Å². The lowest BCUT2D eigenvalue weighted by atomic mass is 9.85. The summed E-state index contributed by atoms with van der Waals surface area (Å²) in [6.07, 6.45) is 7.42. The quantitative estimate of drug-likeness (QED) is 0.207. The van der Waals surface area contributed by atoms with Crippen molar-refractivity contribution in [2.24, 2.45) is 16.6 Å². The topological polar surface area (TPSA) is 227 Å². The number of aliphatic hydroxyl groups is 1. The van der Waals surface area contributed by atoms with Gasteiger partial charge in [-0.2, -0.15) is 16.1 Å². The Morgan fingerprint density at radius 3 is 2.30 bits per heavy atom. The van der Waals surface area contributed by atoms with Crippen molar-refractivity contribution in [1.29, 1.82) is 0 Å². The van der Waals surface area contributed by atoms with Gasteiger partial charge in [0.25, 0.3) is 17.7 Å². The first kappa shape index (κ1) is 39.7. The molecular weight excluding hydrogens is 737 g/mol. The summed E-state index contributed by atoms with van der Waals surface area (Å²) in [7, 11) is -3.68. The molecule has 0 unspecified atom stereocenters. The average molecular weight is 785 g/mol. The van der Waals surface area contributed by atoms with E-state index in [1.807, 2.05) is 0 Å². The number of thioether (sulfide) groups is 1. The molecule has 6 rings (SSSR count). The molecule has 54 heavy (non-hydrogen) atoms. The van der Waals surface area contributed by atoms with Gasteiger partial charge in [0.15, 0.2) is 0 Å². The maximum atomic E-state index is 14.8. The van der Waals surface area contributed by atoms with E-state index >= 15 is 0 Å². The van der Waals surface area contributed by atoms with Crippen molar-refractivity contribution in [2.45, 2.75) is 106 Å². The second-order valence-electron chi connectivity index (χ2n) is 15.2. The fourth-order valence-corrected chi connectivity index (χ4v) is 10.5. The maximum absolute atomic E-state index is 14.8.